The summed E-state index contributed by atoms with van der Waals surface area (Å²) >= 11 is 0. The van der Waals surface area contributed by atoms with Gasteiger partial charge in [0.2, 0.25) is 0 Å². The fourth-order valence-corrected chi connectivity index (χ4v) is 7.16. The molecule has 0 aromatic carbocycles. The third-order valence-corrected chi connectivity index (χ3v) is 8.37. The van der Waals surface area contributed by atoms with Gasteiger partial charge in [0.05, 0.1) is 12.9 Å². The monoisotopic (exact) mass is 330 g/mol. The third-order valence-electron chi connectivity index (χ3n) is 8.37. The first-order valence-electron chi connectivity index (χ1n) is 10.2. The Bertz CT molecular complexity index is 560. The van der Waals surface area contributed by atoms with Gasteiger partial charge in [-0.3, -0.25) is 0 Å². The summed E-state index contributed by atoms with van der Waals surface area (Å²) in [4.78, 5) is 0. The van der Waals surface area contributed by atoms with E-state index in [0.717, 1.165) is 36.5 Å². The number of allylic oxidation sites excluding steroid dienone is 3. The van der Waals surface area contributed by atoms with Gasteiger partial charge in [-0.1, -0.05) is 31.4 Å². The SMILES string of the molecule is CC[C@H]1C[C@]2(C)[C@H](CO)CC[C@@H]2[C@@H]2CCC3=C(CC=C(OC)C3)[C@@H]12. The van der Waals surface area contributed by atoms with Crippen molar-refractivity contribution in [3.63, 3.8) is 0 Å². The number of ether oxygens (including phenoxy) is 1. The summed E-state index contributed by atoms with van der Waals surface area (Å²) in [5.74, 6) is 5.04. The quantitative estimate of drug-likeness (QED) is 0.731. The summed E-state index contributed by atoms with van der Waals surface area (Å²) < 4.78 is 5.54. The van der Waals surface area contributed by atoms with Crippen molar-refractivity contribution in [1.29, 1.82) is 0 Å². The molecule has 0 radical (unpaired) electrons. The van der Waals surface area contributed by atoms with Gasteiger partial charge in [-0.25, -0.2) is 0 Å². The number of methoxy groups -OCH3 is 1. The topological polar surface area (TPSA) is 29.5 Å². The highest BCUT2D eigenvalue weighted by molar-refractivity contribution is 5.33. The summed E-state index contributed by atoms with van der Waals surface area (Å²) in [5.41, 5.74) is 3.87. The molecule has 2 heteroatoms. The molecule has 0 bridgehead atoms. The minimum absolute atomic E-state index is 0.386. The summed E-state index contributed by atoms with van der Waals surface area (Å²) in [5, 5.41) is 9.94. The van der Waals surface area contributed by atoms with Crippen molar-refractivity contribution in [2.24, 2.45) is 35.0 Å². The molecule has 2 saturated carbocycles. The molecule has 0 saturated heterocycles. The fourth-order valence-electron chi connectivity index (χ4n) is 7.16. The molecule has 4 rings (SSSR count). The van der Waals surface area contributed by atoms with Crippen LogP contribution in [0.15, 0.2) is 23.0 Å². The highest BCUT2D eigenvalue weighted by Gasteiger charge is 2.57. The molecule has 0 aromatic heterocycles. The molecular weight excluding hydrogens is 296 g/mol. The molecule has 2 fully saturated rings. The molecule has 0 heterocycles. The van der Waals surface area contributed by atoms with Gasteiger partial charge in [0.15, 0.2) is 0 Å². The average Bonchev–Trinajstić information content (AvgIpc) is 2.96. The molecule has 0 aromatic rings. The molecule has 134 valence electrons. The molecule has 24 heavy (non-hydrogen) atoms. The Labute approximate surface area is 147 Å². The van der Waals surface area contributed by atoms with Gasteiger partial charge < -0.3 is 9.84 Å². The van der Waals surface area contributed by atoms with Crippen LogP contribution in [0.5, 0.6) is 0 Å². The molecule has 1 N–H and O–H groups in total. The standard InChI is InChI=1S/C22H34O2/c1-4-14-12-22(2)16(13-23)6-10-20(22)19-8-5-15-11-17(24-3)7-9-18(15)21(14)19/h7,14,16,19-21,23H,4-6,8-13H2,1-3H3/t14-,16-,19-,20+,21+,22+/m0/s1. The summed E-state index contributed by atoms with van der Waals surface area (Å²) in [7, 11) is 1.82. The zero-order chi connectivity index (χ0) is 16.9. The summed E-state index contributed by atoms with van der Waals surface area (Å²) in [6, 6.07) is 0. The third kappa shape index (κ3) is 2.32. The van der Waals surface area contributed by atoms with E-state index in [2.05, 4.69) is 19.9 Å². The minimum atomic E-state index is 0.386. The van der Waals surface area contributed by atoms with E-state index in [1.807, 2.05) is 7.11 Å². The molecule has 6 atom stereocenters. The van der Waals surface area contributed by atoms with Gasteiger partial charge in [-0.15, -0.1) is 0 Å². The number of rotatable bonds is 3. The lowest BCUT2D eigenvalue weighted by molar-refractivity contribution is -0.0378. The Kier molecular flexibility index (Phi) is 4.31. The first kappa shape index (κ1) is 16.7. The Hall–Kier alpha value is -0.760. The highest BCUT2D eigenvalue weighted by Crippen LogP contribution is 2.65. The lowest BCUT2D eigenvalue weighted by Crippen LogP contribution is -2.48. The van der Waals surface area contributed by atoms with Gasteiger partial charge in [-0.2, -0.15) is 0 Å². The maximum absolute atomic E-state index is 9.94. The van der Waals surface area contributed by atoms with E-state index in [9.17, 15) is 5.11 Å². The minimum Gasteiger partial charge on any atom is -0.501 e. The van der Waals surface area contributed by atoms with E-state index in [4.69, 9.17) is 4.74 Å². The van der Waals surface area contributed by atoms with Crippen LogP contribution < -0.4 is 0 Å². The smallest absolute Gasteiger partial charge is 0.0959 e. The Morgan fingerprint density at radius 2 is 2.12 bits per heavy atom. The maximum Gasteiger partial charge on any atom is 0.0959 e. The summed E-state index contributed by atoms with van der Waals surface area (Å²) in [6.07, 6.45) is 12.4. The van der Waals surface area contributed by atoms with E-state index in [0.29, 0.717) is 17.9 Å². The number of aliphatic hydroxyl groups is 1. The Morgan fingerprint density at radius 3 is 2.83 bits per heavy atom. The van der Waals surface area contributed by atoms with Crippen LogP contribution in [-0.2, 0) is 4.74 Å². The van der Waals surface area contributed by atoms with Crippen LogP contribution in [-0.4, -0.2) is 18.8 Å². The zero-order valence-corrected chi connectivity index (χ0v) is 15.7. The van der Waals surface area contributed by atoms with Crippen molar-refractivity contribution in [1.82, 2.24) is 0 Å². The fraction of sp³-hybridized carbons (Fsp3) is 0.818. The first-order chi connectivity index (χ1) is 11.6. The number of hydrogen-bond donors (Lipinski definition) is 1. The second kappa shape index (κ2) is 6.20. The zero-order valence-electron chi connectivity index (χ0n) is 15.7. The van der Waals surface area contributed by atoms with Crippen LogP contribution in [0.4, 0.5) is 0 Å². The largest absolute Gasteiger partial charge is 0.501 e. The van der Waals surface area contributed by atoms with Crippen LogP contribution in [0.25, 0.3) is 0 Å². The number of fused-ring (bicyclic) bond motifs is 4. The normalized spacial score (nSPS) is 44.5. The second-order valence-corrected chi connectivity index (χ2v) is 9.05. The predicted molar refractivity (Wildman–Crippen MR) is 97.4 cm³/mol. The molecule has 4 aliphatic rings. The van der Waals surface area contributed by atoms with E-state index in [1.54, 1.807) is 11.1 Å². The van der Waals surface area contributed by atoms with Crippen LogP contribution in [0, 0.1) is 35.0 Å². The number of aliphatic hydroxyl groups excluding tert-OH is 1. The molecule has 0 unspecified atom stereocenters. The van der Waals surface area contributed by atoms with Crippen LogP contribution >= 0.6 is 0 Å². The number of hydrogen-bond acceptors (Lipinski definition) is 2. The van der Waals surface area contributed by atoms with Crippen molar-refractivity contribution < 1.29 is 9.84 Å². The van der Waals surface area contributed by atoms with E-state index in [1.165, 1.54) is 44.3 Å². The molecule has 2 nitrogen and oxygen atoms in total. The van der Waals surface area contributed by atoms with Crippen molar-refractivity contribution in [3.05, 3.63) is 23.0 Å². The van der Waals surface area contributed by atoms with Crippen molar-refractivity contribution in [2.45, 2.75) is 65.2 Å². The van der Waals surface area contributed by atoms with E-state index < -0.39 is 0 Å². The highest BCUT2D eigenvalue weighted by atomic mass is 16.5. The average molecular weight is 331 g/mol. The van der Waals surface area contributed by atoms with Gasteiger partial charge in [0.1, 0.15) is 0 Å². The predicted octanol–water partition coefficient (Wildman–Crippen LogP) is 5.09. The molecule has 0 spiro atoms. The first-order valence-corrected chi connectivity index (χ1v) is 10.2. The van der Waals surface area contributed by atoms with Gasteiger partial charge in [0, 0.05) is 13.0 Å². The van der Waals surface area contributed by atoms with Crippen molar-refractivity contribution in [3.8, 4) is 0 Å². The van der Waals surface area contributed by atoms with Crippen LogP contribution in [0.1, 0.15) is 65.2 Å². The van der Waals surface area contributed by atoms with E-state index >= 15 is 0 Å². The second-order valence-electron chi connectivity index (χ2n) is 9.05. The van der Waals surface area contributed by atoms with Gasteiger partial charge in [0.25, 0.3) is 0 Å². The Morgan fingerprint density at radius 1 is 1.29 bits per heavy atom. The Balaban J connectivity index is 1.67. The van der Waals surface area contributed by atoms with Gasteiger partial charge in [-0.05, 0) is 79.6 Å². The maximum atomic E-state index is 9.94. The lowest BCUT2D eigenvalue weighted by atomic mass is 9.50. The lowest BCUT2D eigenvalue weighted by Gasteiger charge is -2.55. The molecular formula is C22H34O2. The molecule has 0 amide bonds. The van der Waals surface area contributed by atoms with Gasteiger partial charge >= 0.3 is 0 Å². The molecule has 4 aliphatic carbocycles. The van der Waals surface area contributed by atoms with E-state index in [-0.39, 0.29) is 0 Å². The van der Waals surface area contributed by atoms with Crippen LogP contribution in [0.2, 0.25) is 0 Å². The van der Waals surface area contributed by atoms with Crippen LogP contribution in [0.3, 0.4) is 0 Å². The molecule has 0 aliphatic heterocycles. The van der Waals surface area contributed by atoms with Crippen molar-refractivity contribution >= 4 is 0 Å². The summed E-state index contributed by atoms with van der Waals surface area (Å²) in [6.45, 7) is 5.30. The van der Waals surface area contributed by atoms with Crippen molar-refractivity contribution in [2.75, 3.05) is 13.7 Å².